The van der Waals surface area contributed by atoms with E-state index >= 15 is 0 Å². The van der Waals surface area contributed by atoms with Crippen molar-refractivity contribution in [1.82, 2.24) is 0 Å². The number of unbranched alkanes of at least 4 members (excludes halogenated alkanes) is 4. The lowest BCUT2D eigenvalue weighted by Gasteiger charge is -2.29. The lowest BCUT2D eigenvalue weighted by atomic mass is 9.89. The molecule has 1 aliphatic rings. The summed E-state index contributed by atoms with van der Waals surface area (Å²) in [5, 5.41) is 10.3. The van der Waals surface area contributed by atoms with Crippen LogP contribution in [0.2, 0.25) is 0 Å². The number of methoxy groups -OCH3 is 1. The van der Waals surface area contributed by atoms with Crippen LogP contribution in [0, 0.1) is 11.8 Å². The molecule has 1 amide bonds. The van der Waals surface area contributed by atoms with Gasteiger partial charge >= 0.3 is 6.09 Å². The summed E-state index contributed by atoms with van der Waals surface area (Å²) in [4.78, 5) is 39.7. The largest absolute Gasteiger partial charge is 0.468 e. The first kappa shape index (κ1) is 26.5. The third kappa shape index (κ3) is 9.42. The van der Waals surface area contributed by atoms with Gasteiger partial charge in [0.1, 0.15) is 11.7 Å². The van der Waals surface area contributed by atoms with E-state index in [1.807, 2.05) is 19.1 Å². The highest BCUT2D eigenvalue weighted by Gasteiger charge is 2.39. The molecule has 7 nitrogen and oxygen atoms in total. The van der Waals surface area contributed by atoms with E-state index in [1.54, 1.807) is 13.0 Å². The van der Waals surface area contributed by atoms with Crippen LogP contribution >= 0.6 is 0 Å². The first-order valence-electron chi connectivity index (χ1n) is 10.9. The fourth-order valence-corrected chi connectivity index (χ4v) is 3.13. The number of rotatable bonds is 12. The molecule has 1 rings (SSSR count). The van der Waals surface area contributed by atoms with Crippen LogP contribution in [-0.2, 0) is 19.1 Å². The van der Waals surface area contributed by atoms with E-state index in [0.717, 1.165) is 19.3 Å². The summed E-state index contributed by atoms with van der Waals surface area (Å²) >= 11 is 0. The normalized spacial score (nSPS) is 20.6. The molecule has 3 unspecified atom stereocenters. The van der Waals surface area contributed by atoms with E-state index in [1.165, 1.54) is 25.8 Å². The van der Waals surface area contributed by atoms with Gasteiger partial charge in [-0.25, -0.2) is 4.79 Å². The number of ketones is 2. The molecule has 0 fully saturated rings. The van der Waals surface area contributed by atoms with Gasteiger partial charge in [0.2, 0.25) is 6.29 Å². The van der Waals surface area contributed by atoms with Crippen LogP contribution in [0.3, 0.4) is 0 Å². The Kier molecular flexibility index (Phi) is 12.4. The maximum Gasteiger partial charge on any atom is 0.432 e. The van der Waals surface area contributed by atoms with E-state index in [0.29, 0.717) is 30.6 Å². The lowest BCUT2D eigenvalue weighted by molar-refractivity contribution is -0.156. The van der Waals surface area contributed by atoms with Crippen molar-refractivity contribution in [2.24, 2.45) is 16.8 Å². The highest BCUT2D eigenvalue weighted by molar-refractivity contribution is 6.14. The average Bonchev–Trinajstić information content (AvgIpc) is 2.74. The van der Waals surface area contributed by atoms with Crippen LogP contribution in [0.25, 0.3) is 0 Å². The molecule has 0 saturated heterocycles. The van der Waals surface area contributed by atoms with E-state index in [-0.39, 0.29) is 5.92 Å². The van der Waals surface area contributed by atoms with E-state index < -0.39 is 29.9 Å². The van der Waals surface area contributed by atoms with Gasteiger partial charge in [-0.05, 0) is 44.6 Å². The number of carbonyl (C=O) groups excluding carboxylic acids is 3. The minimum absolute atomic E-state index is 0.121. The van der Waals surface area contributed by atoms with Crippen LogP contribution in [0.15, 0.2) is 40.6 Å². The second-order valence-corrected chi connectivity index (χ2v) is 7.69. The van der Waals surface area contributed by atoms with Crippen molar-refractivity contribution in [2.45, 2.75) is 72.0 Å². The molecular formula is C24H35NO6. The number of aliphatic hydroxyl groups is 1. The number of Topliss-reactive ketones (excluding diaryl/α,β-unsaturated/α-hetero) is 1. The Morgan fingerprint density at radius 2 is 2.03 bits per heavy atom. The standard InChI is InChI=1S/C24H35NO6/c1-5-6-7-8-9-10-14-18(3)22(27)21-19(26)16-20(31-23(21)28)17(2)13-11-12-15-25-24(29)30-4/h9-10,14-17,21,23,28H,5-8,11-13H2,1-4H3/b10-9?,18-14+,25-15?. The number of hydrogen-bond acceptors (Lipinski definition) is 6. The van der Waals surface area contributed by atoms with Crippen molar-refractivity contribution in [3.05, 3.63) is 35.6 Å². The Morgan fingerprint density at radius 1 is 1.29 bits per heavy atom. The molecule has 0 aromatic heterocycles. The SMILES string of the molecule is CCCCCC=C/C=C(\C)C(=O)C1C(=O)C=C(C(C)CCCC=NC(=O)OC)OC1O. The molecule has 3 atom stereocenters. The van der Waals surface area contributed by atoms with Gasteiger partial charge < -0.3 is 14.6 Å². The molecule has 0 saturated carbocycles. The molecule has 1 heterocycles. The number of hydrogen-bond donors (Lipinski definition) is 1. The van der Waals surface area contributed by atoms with Crippen molar-refractivity contribution in [1.29, 1.82) is 0 Å². The van der Waals surface area contributed by atoms with Crippen molar-refractivity contribution < 1.29 is 29.0 Å². The van der Waals surface area contributed by atoms with Crippen LogP contribution in [0.4, 0.5) is 4.79 Å². The summed E-state index contributed by atoms with van der Waals surface area (Å²) in [7, 11) is 1.26. The van der Waals surface area contributed by atoms with E-state index in [4.69, 9.17) is 4.74 Å². The molecule has 172 valence electrons. The molecule has 0 bridgehead atoms. The highest BCUT2D eigenvalue weighted by Crippen LogP contribution is 2.28. The van der Waals surface area contributed by atoms with Crippen molar-refractivity contribution in [2.75, 3.05) is 7.11 Å². The Labute approximate surface area is 184 Å². The number of aliphatic hydroxyl groups excluding tert-OH is 1. The molecule has 0 aliphatic carbocycles. The first-order chi connectivity index (χ1) is 14.8. The summed E-state index contributed by atoms with van der Waals surface area (Å²) in [6.07, 6.45) is 12.5. The summed E-state index contributed by atoms with van der Waals surface area (Å²) in [5.74, 6) is -1.88. The number of carbonyl (C=O) groups is 3. The highest BCUT2D eigenvalue weighted by atomic mass is 16.6. The van der Waals surface area contributed by atoms with Gasteiger partial charge in [-0.1, -0.05) is 44.9 Å². The number of nitrogens with zero attached hydrogens (tertiary/aromatic N) is 1. The van der Waals surface area contributed by atoms with Gasteiger partial charge in [0, 0.05) is 18.2 Å². The molecule has 31 heavy (non-hydrogen) atoms. The molecule has 0 spiro atoms. The zero-order valence-electron chi connectivity index (χ0n) is 19.0. The Morgan fingerprint density at radius 3 is 2.68 bits per heavy atom. The fraction of sp³-hybridized carbons (Fsp3) is 0.583. The van der Waals surface area contributed by atoms with Crippen LogP contribution in [0.5, 0.6) is 0 Å². The predicted molar refractivity (Wildman–Crippen MR) is 120 cm³/mol. The monoisotopic (exact) mass is 433 g/mol. The summed E-state index contributed by atoms with van der Waals surface area (Å²) in [6, 6.07) is 0. The summed E-state index contributed by atoms with van der Waals surface area (Å²) < 4.78 is 9.92. The maximum absolute atomic E-state index is 12.6. The summed E-state index contributed by atoms with van der Waals surface area (Å²) in [6.45, 7) is 5.65. The molecule has 7 heteroatoms. The first-order valence-corrected chi connectivity index (χ1v) is 10.9. The van der Waals surface area contributed by atoms with Gasteiger partial charge in [-0.2, -0.15) is 4.99 Å². The van der Waals surface area contributed by atoms with Crippen molar-refractivity contribution in [3.63, 3.8) is 0 Å². The average molecular weight is 434 g/mol. The van der Waals surface area contributed by atoms with Crippen LogP contribution in [-0.4, -0.2) is 42.4 Å². The summed E-state index contributed by atoms with van der Waals surface area (Å²) in [5.41, 5.74) is 0.405. The van der Waals surface area contributed by atoms with Crippen molar-refractivity contribution in [3.8, 4) is 0 Å². The smallest absolute Gasteiger partial charge is 0.432 e. The topological polar surface area (TPSA) is 102 Å². The zero-order chi connectivity index (χ0) is 23.2. The van der Waals surface area contributed by atoms with Crippen LogP contribution < -0.4 is 0 Å². The predicted octanol–water partition coefficient (Wildman–Crippen LogP) is 4.70. The number of amides is 1. The molecule has 1 N–H and O–H groups in total. The zero-order valence-corrected chi connectivity index (χ0v) is 19.0. The Hall–Kier alpha value is -2.54. The van der Waals surface area contributed by atoms with Gasteiger partial charge in [-0.3, -0.25) is 9.59 Å². The van der Waals surface area contributed by atoms with Crippen LogP contribution in [0.1, 0.15) is 65.7 Å². The van der Waals surface area contributed by atoms with E-state index in [2.05, 4.69) is 16.7 Å². The minimum atomic E-state index is -1.50. The molecule has 1 aliphatic heterocycles. The van der Waals surface area contributed by atoms with Gasteiger partial charge in [0.15, 0.2) is 11.6 Å². The van der Waals surface area contributed by atoms with E-state index in [9.17, 15) is 19.5 Å². The third-order valence-corrected chi connectivity index (χ3v) is 5.09. The second-order valence-electron chi connectivity index (χ2n) is 7.69. The van der Waals surface area contributed by atoms with Gasteiger partial charge in [0.25, 0.3) is 0 Å². The second kappa shape index (κ2) is 14.5. The van der Waals surface area contributed by atoms with Gasteiger partial charge in [0.05, 0.1) is 7.11 Å². The third-order valence-electron chi connectivity index (χ3n) is 5.09. The number of allylic oxidation sites excluding steroid dienone is 6. The molecule has 0 radical (unpaired) electrons. The quantitative estimate of drug-likeness (QED) is 0.157. The minimum Gasteiger partial charge on any atom is -0.468 e. The lowest BCUT2D eigenvalue weighted by Crippen LogP contribution is -2.40. The Balaban J connectivity index is 2.62. The molecule has 0 aromatic rings. The molecular weight excluding hydrogens is 398 g/mol. The maximum atomic E-state index is 12.6. The number of aliphatic imine (C=N–C) groups is 1. The molecule has 0 aromatic carbocycles. The van der Waals surface area contributed by atoms with Crippen molar-refractivity contribution >= 4 is 23.9 Å². The number of ether oxygens (including phenoxy) is 2. The fourth-order valence-electron chi connectivity index (χ4n) is 3.13. The van der Waals surface area contributed by atoms with Gasteiger partial charge in [-0.15, -0.1) is 0 Å². The Bertz CT molecular complexity index is 734.